The number of hydrogen-bond donors (Lipinski definition) is 0. The number of aromatic nitrogens is 4. The molecule has 0 amide bonds. The van der Waals surface area contributed by atoms with E-state index in [0.717, 1.165) is 29.6 Å². The van der Waals surface area contributed by atoms with Gasteiger partial charge in [0.1, 0.15) is 11.6 Å². The van der Waals surface area contributed by atoms with E-state index in [1.54, 1.807) is 34.5 Å². The number of imidazole rings is 1. The van der Waals surface area contributed by atoms with E-state index >= 15 is 0 Å². The summed E-state index contributed by atoms with van der Waals surface area (Å²) >= 11 is 0. The minimum Gasteiger partial charge on any atom is -0.331 e. The number of aryl methyl sites for hydroxylation is 1. The number of hydrogen-bond acceptors (Lipinski definition) is 2. The SMILES string of the molecule is CCCC(Cc1cnn(-c2ccc(F)cc2)c1C(C)C)n1cc(C(F)(F)F)nc1C. The van der Waals surface area contributed by atoms with Crippen LogP contribution in [0.25, 0.3) is 5.69 Å². The lowest BCUT2D eigenvalue weighted by Crippen LogP contribution is -2.14. The molecule has 2 heterocycles. The monoisotopic (exact) mass is 422 g/mol. The van der Waals surface area contributed by atoms with Gasteiger partial charge in [-0.3, -0.25) is 0 Å². The molecule has 0 spiro atoms. The Labute approximate surface area is 173 Å². The molecule has 0 aliphatic rings. The van der Waals surface area contributed by atoms with E-state index in [-0.39, 0.29) is 17.8 Å². The van der Waals surface area contributed by atoms with Gasteiger partial charge in [-0.1, -0.05) is 27.2 Å². The van der Waals surface area contributed by atoms with Crippen LogP contribution in [-0.2, 0) is 12.6 Å². The first-order valence-electron chi connectivity index (χ1n) is 10.1. The standard InChI is InChI=1S/C22H26F4N4/c1-5-6-19(29-13-20(22(24,25)26)28-15(29)4)11-16-12-27-30(21(16)14(2)3)18-9-7-17(23)8-10-18/h7-10,12-14,19H,5-6,11H2,1-4H3. The van der Waals surface area contributed by atoms with Crippen LogP contribution in [0, 0.1) is 12.7 Å². The van der Waals surface area contributed by atoms with Crippen molar-refractivity contribution in [3.8, 4) is 5.69 Å². The predicted molar refractivity (Wildman–Crippen MR) is 107 cm³/mol. The third kappa shape index (κ3) is 4.57. The van der Waals surface area contributed by atoms with Crippen molar-refractivity contribution in [2.75, 3.05) is 0 Å². The lowest BCUT2D eigenvalue weighted by atomic mass is 9.97. The third-order valence-corrected chi connectivity index (χ3v) is 5.18. The molecule has 3 aromatic rings. The second-order valence-corrected chi connectivity index (χ2v) is 7.82. The second kappa shape index (κ2) is 8.62. The van der Waals surface area contributed by atoms with Crippen LogP contribution in [0.15, 0.2) is 36.7 Å². The molecule has 0 bridgehead atoms. The Morgan fingerprint density at radius 1 is 1.10 bits per heavy atom. The maximum Gasteiger partial charge on any atom is 0.434 e. The van der Waals surface area contributed by atoms with Gasteiger partial charge in [0.2, 0.25) is 0 Å². The summed E-state index contributed by atoms with van der Waals surface area (Å²) in [6.07, 6.45) is 0.480. The first-order chi connectivity index (χ1) is 14.1. The Morgan fingerprint density at radius 2 is 1.77 bits per heavy atom. The summed E-state index contributed by atoms with van der Waals surface area (Å²) in [6.45, 7) is 7.69. The molecule has 162 valence electrons. The van der Waals surface area contributed by atoms with E-state index in [2.05, 4.69) is 10.1 Å². The molecule has 0 fully saturated rings. The first kappa shape index (κ1) is 22.1. The Hall–Kier alpha value is -2.64. The summed E-state index contributed by atoms with van der Waals surface area (Å²) in [4.78, 5) is 3.73. The van der Waals surface area contributed by atoms with E-state index in [0.29, 0.717) is 18.7 Å². The van der Waals surface area contributed by atoms with Gasteiger partial charge in [0, 0.05) is 12.2 Å². The van der Waals surface area contributed by atoms with Crippen molar-refractivity contribution < 1.29 is 17.6 Å². The zero-order chi connectivity index (χ0) is 22.1. The molecule has 0 saturated carbocycles. The molecular formula is C22H26F4N4. The number of benzene rings is 1. The fourth-order valence-electron chi connectivity index (χ4n) is 3.87. The molecule has 0 N–H and O–H groups in total. The molecule has 1 atom stereocenters. The lowest BCUT2D eigenvalue weighted by Gasteiger charge is -2.21. The summed E-state index contributed by atoms with van der Waals surface area (Å²) in [6, 6.07) is 5.93. The Morgan fingerprint density at radius 3 is 2.30 bits per heavy atom. The Bertz CT molecular complexity index is 984. The molecule has 0 radical (unpaired) electrons. The Kier molecular flexibility index (Phi) is 6.33. The zero-order valence-electron chi connectivity index (χ0n) is 17.5. The summed E-state index contributed by atoms with van der Waals surface area (Å²) < 4.78 is 56.1. The van der Waals surface area contributed by atoms with Crippen molar-refractivity contribution in [2.24, 2.45) is 0 Å². The highest BCUT2D eigenvalue weighted by atomic mass is 19.4. The maximum absolute atomic E-state index is 13.3. The van der Waals surface area contributed by atoms with Gasteiger partial charge in [0.25, 0.3) is 0 Å². The minimum atomic E-state index is -4.47. The van der Waals surface area contributed by atoms with Crippen molar-refractivity contribution in [1.82, 2.24) is 19.3 Å². The summed E-state index contributed by atoms with van der Waals surface area (Å²) in [5, 5.41) is 4.50. The van der Waals surface area contributed by atoms with Gasteiger partial charge in [-0.15, -0.1) is 0 Å². The van der Waals surface area contributed by atoms with Crippen molar-refractivity contribution in [3.05, 3.63) is 65.3 Å². The molecule has 0 saturated heterocycles. The normalized spacial score (nSPS) is 13.2. The average molecular weight is 422 g/mol. The summed E-state index contributed by atoms with van der Waals surface area (Å²) in [5.74, 6) is 0.151. The summed E-state index contributed by atoms with van der Waals surface area (Å²) in [5.41, 5.74) is 1.81. The molecule has 3 rings (SSSR count). The lowest BCUT2D eigenvalue weighted by molar-refractivity contribution is -0.141. The average Bonchev–Trinajstić information content (AvgIpc) is 3.25. The number of halogens is 4. The van der Waals surface area contributed by atoms with Crippen LogP contribution < -0.4 is 0 Å². The predicted octanol–water partition coefficient (Wildman–Crippen LogP) is 6.24. The van der Waals surface area contributed by atoms with E-state index in [1.165, 1.54) is 12.1 Å². The van der Waals surface area contributed by atoms with Gasteiger partial charge in [-0.25, -0.2) is 14.1 Å². The molecule has 30 heavy (non-hydrogen) atoms. The topological polar surface area (TPSA) is 35.6 Å². The molecule has 0 aliphatic carbocycles. The van der Waals surface area contributed by atoms with Crippen LogP contribution in [0.5, 0.6) is 0 Å². The highest BCUT2D eigenvalue weighted by Gasteiger charge is 2.35. The second-order valence-electron chi connectivity index (χ2n) is 7.82. The molecule has 0 aliphatic heterocycles. The van der Waals surface area contributed by atoms with Gasteiger partial charge in [-0.05, 0) is 55.5 Å². The largest absolute Gasteiger partial charge is 0.434 e. The van der Waals surface area contributed by atoms with Crippen LogP contribution in [0.2, 0.25) is 0 Å². The summed E-state index contributed by atoms with van der Waals surface area (Å²) in [7, 11) is 0. The Balaban J connectivity index is 1.98. The van der Waals surface area contributed by atoms with Gasteiger partial charge in [0.15, 0.2) is 5.69 Å². The van der Waals surface area contributed by atoms with Gasteiger partial charge < -0.3 is 4.57 Å². The molecule has 1 unspecified atom stereocenters. The molecular weight excluding hydrogens is 396 g/mol. The number of rotatable bonds is 7. The molecule has 4 nitrogen and oxygen atoms in total. The number of nitrogens with zero attached hydrogens (tertiary/aromatic N) is 4. The zero-order valence-corrected chi connectivity index (χ0v) is 17.5. The van der Waals surface area contributed by atoms with Crippen molar-refractivity contribution in [2.45, 2.75) is 65.1 Å². The van der Waals surface area contributed by atoms with Gasteiger partial charge >= 0.3 is 6.18 Å². The highest BCUT2D eigenvalue weighted by Crippen LogP contribution is 2.32. The fraction of sp³-hybridized carbons (Fsp3) is 0.455. The van der Waals surface area contributed by atoms with E-state index < -0.39 is 11.9 Å². The van der Waals surface area contributed by atoms with Gasteiger partial charge in [-0.2, -0.15) is 18.3 Å². The van der Waals surface area contributed by atoms with Crippen LogP contribution in [-0.4, -0.2) is 19.3 Å². The minimum absolute atomic E-state index is 0.129. The number of alkyl halides is 3. The van der Waals surface area contributed by atoms with Gasteiger partial charge in [0.05, 0.1) is 17.6 Å². The van der Waals surface area contributed by atoms with Crippen LogP contribution in [0.3, 0.4) is 0 Å². The molecule has 2 aromatic heterocycles. The molecule has 8 heteroatoms. The first-order valence-corrected chi connectivity index (χ1v) is 10.1. The quantitative estimate of drug-likeness (QED) is 0.422. The van der Waals surface area contributed by atoms with Crippen LogP contribution >= 0.6 is 0 Å². The van der Waals surface area contributed by atoms with Crippen molar-refractivity contribution in [3.63, 3.8) is 0 Å². The molecule has 1 aromatic carbocycles. The highest BCUT2D eigenvalue weighted by molar-refractivity contribution is 5.36. The van der Waals surface area contributed by atoms with E-state index in [1.807, 2.05) is 20.8 Å². The van der Waals surface area contributed by atoms with Crippen molar-refractivity contribution in [1.29, 1.82) is 0 Å². The fourth-order valence-corrected chi connectivity index (χ4v) is 3.87. The maximum atomic E-state index is 13.3. The van der Waals surface area contributed by atoms with Crippen molar-refractivity contribution >= 4 is 0 Å². The van der Waals surface area contributed by atoms with Crippen LogP contribution in [0.1, 0.15) is 68.3 Å². The third-order valence-electron chi connectivity index (χ3n) is 5.18. The van der Waals surface area contributed by atoms with Crippen LogP contribution in [0.4, 0.5) is 17.6 Å². The van der Waals surface area contributed by atoms with E-state index in [9.17, 15) is 17.6 Å². The van der Waals surface area contributed by atoms with E-state index in [4.69, 9.17) is 0 Å². The smallest absolute Gasteiger partial charge is 0.331 e.